The number of aromatic nitrogens is 3. The van der Waals surface area contributed by atoms with E-state index in [2.05, 4.69) is 39.3 Å². The summed E-state index contributed by atoms with van der Waals surface area (Å²) >= 11 is 0. The zero-order valence-electron chi connectivity index (χ0n) is 15.1. The summed E-state index contributed by atoms with van der Waals surface area (Å²) in [5.41, 5.74) is 5.04. The van der Waals surface area contributed by atoms with Gasteiger partial charge in [-0.25, -0.2) is 4.39 Å². The molecule has 1 heterocycles. The molecule has 3 rings (SSSR count). The molecule has 0 amide bonds. The number of nitrogen functional groups attached to an aromatic ring is 1. The molecule has 2 aromatic rings. The molecule has 1 fully saturated rings. The summed E-state index contributed by atoms with van der Waals surface area (Å²) in [5.74, 6) is 0.907. The van der Waals surface area contributed by atoms with E-state index in [1.165, 1.54) is 25.8 Å². The van der Waals surface area contributed by atoms with Gasteiger partial charge in [0.15, 0.2) is 11.5 Å². The Bertz CT molecular complexity index is 724. The fourth-order valence-electron chi connectivity index (χ4n) is 3.54. The molecule has 0 spiro atoms. The van der Waals surface area contributed by atoms with Crippen molar-refractivity contribution in [2.75, 3.05) is 11.1 Å². The van der Waals surface area contributed by atoms with Crippen molar-refractivity contribution in [1.82, 2.24) is 15.0 Å². The maximum atomic E-state index is 14.3. The van der Waals surface area contributed by atoms with Gasteiger partial charge in [0.1, 0.15) is 0 Å². The SMILES string of the molecule is CCC(Nc1nc(N)nc(C(C)(C)F)n1)(c1ccccc1)C1CCC1. The maximum absolute atomic E-state index is 14.3. The lowest BCUT2D eigenvalue weighted by atomic mass is 9.66. The summed E-state index contributed by atoms with van der Waals surface area (Å²) in [6.07, 6.45) is 4.40. The Morgan fingerprint density at radius 3 is 2.36 bits per heavy atom. The third-order valence-corrected chi connectivity index (χ3v) is 5.17. The van der Waals surface area contributed by atoms with Crippen LogP contribution in [0.5, 0.6) is 0 Å². The van der Waals surface area contributed by atoms with Gasteiger partial charge >= 0.3 is 0 Å². The number of rotatable bonds is 6. The summed E-state index contributed by atoms with van der Waals surface area (Å²) in [6, 6.07) is 10.3. The Hall–Kier alpha value is -2.24. The van der Waals surface area contributed by atoms with Crippen LogP contribution in [0.1, 0.15) is 57.8 Å². The molecule has 1 saturated carbocycles. The van der Waals surface area contributed by atoms with E-state index in [-0.39, 0.29) is 17.3 Å². The first-order valence-electron chi connectivity index (χ1n) is 8.90. The van der Waals surface area contributed by atoms with Crippen LogP contribution in [-0.2, 0) is 11.2 Å². The quantitative estimate of drug-likeness (QED) is 0.823. The molecular formula is C19H26FN5. The number of anilines is 2. The number of hydrogen-bond donors (Lipinski definition) is 2. The Morgan fingerprint density at radius 1 is 1.16 bits per heavy atom. The number of nitrogens with one attached hydrogen (secondary N) is 1. The molecule has 1 aliphatic rings. The Balaban J connectivity index is 2.03. The molecule has 25 heavy (non-hydrogen) atoms. The van der Waals surface area contributed by atoms with Gasteiger partial charge in [0.25, 0.3) is 0 Å². The first-order valence-corrected chi connectivity index (χ1v) is 8.90. The van der Waals surface area contributed by atoms with Crippen molar-refractivity contribution in [3.63, 3.8) is 0 Å². The topological polar surface area (TPSA) is 76.7 Å². The lowest BCUT2D eigenvalue weighted by molar-refractivity contribution is 0.178. The zero-order valence-corrected chi connectivity index (χ0v) is 15.1. The number of hydrogen-bond acceptors (Lipinski definition) is 5. The average Bonchev–Trinajstić information content (AvgIpc) is 2.52. The first kappa shape index (κ1) is 17.6. The molecule has 1 aromatic heterocycles. The van der Waals surface area contributed by atoms with Crippen LogP contribution in [0, 0.1) is 5.92 Å². The maximum Gasteiger partial charge on any atom is 0.228 e. The molecule has 134 valence electrons. The largest absolute Gasteiger partial charge is 0.368 e. The van der Waals surface area contributed by atoms with Crippen LogP contribution < -0.4 is 11.1 Å². The number of nitrogens with two attached hydrogens (primary N) is 1. The standard InChI is InChI=1S/C19H26FN5/c1-4-19(14-11-8-12-14,13-9-6-5-7-10-13)25-17-23-15(18(2,3)20)22-16(21)24-17/h5-7,9-10,14H,4,8,11-12H2,1-3H3,(H3,21,22,23,24,25). The van der Waals surface area contributed by atoms with Gasteiger partial charge in [-0.15, -0.1) is 0 Å². The van der Waals surface area contributed by atoms with E-state index in [1.807, 2.05) is 18.2 Å². The van der Waals surface area contributed by atoms with Crippen molar-refractivity contribution < 1.29 is 4.39 Å². The first-order chi connectivity index (χ1) is 11.8. The molecule has 0 bridgehead atoms. The smallest absolute Gasteiger partial charge is 0.228 e. The molecular weight excluding hydrogens is 317 g/mol. The monoisotopic (exact) mass is 343 g/mol. The molecule has 1 unspecified atom stereocenters. The van der Waals surface area contributed by atoms with E-state index in [4.69, 9.17) is 5.73 Å². The van der Waals surface area contributed by atoms with Gasteiger partial charge in [0.05, 0.1) is 5.54 Å². The highest BCUT2D eigenvalue weighted by atomic mass is 19.1. The van der Waals surface area contributed by atoms with Gasteiger partial charge in [-0.2, -0.15) is 15.0 Å². The third kappa shape index (κ3) is 3.43. The molecule has 1 aliphatic carbocycles. The van der Waals surface area contributed by atoms with Crippen LogP contribution >= 0.6 is 0 Å². The fraction of sp³-hybridized carbons (Fsp3) is 0.526. The normalized spacial score (nSPS) is 17.6. The molecule has 3 N–H and O–H groups in total. The van der Waals surface area contributed by atoms with Crippen LogP contribution in [0.3, 0.4) is 0 Å². The zero-order chi connectivity index (χ0) is 18.1. The van der Waals surface area contributed by atoms with Gasteiger partial charge in [-0.1, -0.05) is 43.7 Å². The number of nitrogens with zero attached hydrogens (tertiary/aromatic N) is 3. The van der Waals surface area contributed by atoms with Crippen LogP contribution in [0.25, 0.3) is 0 Å². The van der Waals surface area contributed by atoms with E-state index >= 15 is 0 Å². The highest BCUT2D eigenvalue weighted by molar-refractivity contribution is 5.41. The van der Waals surface area contributed by atoms with Crippen LogP contribution in [-0.4, -0.2) is 15.0 Å². The van der Waals surface area contributed by atoms with E-state index in [1.54, 1.807) is 0 Å². The fourth-order valence-corrected chi connectivity index (χ4v) is 3.54. The molecule has 0 saturated heterocycles. The summed E-state index contributed by atoms with van der Waals surface area (Å²) in [4.78, 5) is 12.5. The molecule has 0 aliphatic heterocycles. The lowest BCUT2D eigenvalue weighted by Gasteiger charge is -2.46. The second-order valence-electron chi connectivity index (χ2n) is 7.26. The predicted molar refractivity (Wildman–Crippen MR) is 97.7 cm³/mol. The van der Waals surface area contributed by atoms with Crippen molar-refractivity contribution >= 4 is 11.9 Å². The highest BCUT2D eigenvalue weighted by Gasteiger charge is 2.42. The van der Waals surface area contributed by atoms with Crippen molar-refractivity contribution in [1.29, 1.82) is 0 Å². The summed E-state index contributed by atoms with van der Waals surface area (Å²) in [7, 11) is 0. The molecule has 1 aromatic carbocycles. The summed E-state index contributed by atoms with van der Waals surface area (Å²) in [5, 5.41) is 3.50. The van der Waals surface area contributed by atoms with Gasteiger partial charge in [0.2, 0.25) is 11.9 Å². The summed E-state index contributed by atoms with van der Waals surface area (Å²) in [6.45, 7) is 4.99. The Kier molecular flexibility index (Phi) is 4.62. The van der Waals surface area contributed by atoms with Gasteiger partial charge in [-0.05, 0) is 44.6 Å². The summed E-state index contributed by atoms with van der Waals surface area (Å²) < 4.78 is 14.3. The molecule has 0 radical (unpaired) electrons. The third-order valence-electron chi connectivity index (χ3n) is 5.17. The number of alkyl halides is 1. The molecule has 6 heteroatoms. The number of halogens is 1. The molecule has 1 atom stereocenters. The van der Waals surface area contributed by atoms with Gasteiger partial charge < -0.3 is 11.1 Å². The van der Waals surface area contributed by atoms with E-state index in [0.717, 1.165) is 19.3 Å². The van der Waals surface area contributed by atoms with E-state index in [0.29, 0.717) is 11.9 Å². The van der Waals surface area contributed by atoms with Crippen LogP contribution in [0.2, 0.25) is 0 Å². The van der Waals surface area contributed by atoms with Crippen LogP contribution in [0.15, 0.2) is 30.3 Å². The second kappa shape index (κ2) is 6.58. The second-order valence-corrected chi connectivity index (χ2v) is 7.26. The van der Waals surface area contributed by atoms with E-state index in [9.17, 15) is 4.39 Å². The minimum absolute atomic E-state index is 0.0323. The van der Waals surface area contributed by atoms with E-state index < -0.39 is 5.67 Å². The van der Waals surface area contributed by atoms with Crippen LogP contribution in [0.4, 0.5) is 16.3 Å². The van der Waals surface area contributed by atoms with Crippen molar-refractivity contribution in [2.45, 2.75) is 57.7 Å². The van der Waals surface area contributed by atoms with Crippen molar-refractivity contribution in [3.05, 3.63) is 41.7 Å². The molecule has 5 nitrogen and oxygen atoms in total. The number of benzene rings is 1. The van der Waals surface area contributed by atoms with Gasteiger partial charge in [-0.3, -0.25) is 0 Å². The minimum atomic E-state index is -1.68. The van der Waals surface area contributed by atoms with Crippen molar-refractivity contribution in [2.24, 2.45) is 5.92 Å². The van der Waals surface area contributed by atoms with Crippen molar-refractivity contribution in [3.8, 4) is 0 Å². The lowest BCUT2D eigenvalue weighted by Crippen LogP contribution is -2.46. The Morgan fingerprint density at radius 2 is 1.84 bits per heavy atom. The average molecular weight is 343 g/mol. The Labute approximate surface area is 148 Å². The van der Waals surface area contributed by atoms with Gasteiger partial charge in [0, 0.05) is 0 Å². The highest BCUT2D eigenvalue weighted by Crippen LogP contribution is 2.46. The minimum Gasteiger partial charge on any atom is -0.368 e. The predicted octanol–water partition coefficient (Wildman–Crippen LogP) is 4.18.